The van der Waals surface area contributed by atoms with Gasteiger partial charge in [0, 0.05) is 6.07 Å². The molecule has 15 heavy (non-hydrogen) atoms. The van der Waals surface area contributed by atoms with Crippen molar-refractivity contribution in [3.05, 3.63) is 10.9 Å². The first-order valence-electron chi connectivity index (χ1n) is 4.95. The second kappa shape index (κ2) is 4.72. The van der Waals surface area contributed by atoms with Crippen molar-refractivity contribution >= 4 is 17.8 Å². The summed E-state index contributed by atoms with van der Waals surface area (Å²) in [7, 11) is 1.59. The monoisotopic (exact) mass is 227 g/mol. The molecule has 1 aromatic heterocycles. The van der Waals surface area contributed by atoms with Crippen LogP contribution in [0.15, 0.2) is 6.07 Å². The van der Waals surface area contributed by atoms with Crippen molar-refractivity contribution in [3.8, 4) is 5.88 Å². The van der Waals surface area contributed by atoms with Crippen molar-refractivity contribution in [1.82, 2.24) is 4.37 Å². The predicted molar refractivity (Wildman–Crippen MR) is 56.2 cm³/mol. The highest BCUT2D eigenvalue weighted by Crippen LogP contribution is 2.34. The quantitative estimate of drug-likeness (QED) is 0.741. The van der Waals surface area contributed by atoms with Crippen LogP contribution in [0.5, 0.6) is 5.88 Å². The molecule has 1 aromatic rings. The molecule has 5 heteroatoms. The molecule has 0 amide bonds. The summed E-state index contributed by atoms with van der Waals surface area (Å²) in [5.74, 6) is 0.617. The molecule has 2 rings (SSSR count). The summed E-state index contributed by atoms with van der Waals surface area (Å²) in [5.41, 5.74) is 0. The van der Waals surface area contributed by atoms with Crippen LogP contribution in [0.4, 0.5) is 0 Å². The minimum absolute atomic E-state index is 0.00958. The van der Waals surface area contributed by atoms with Gasteiger partial charge in [0.1, 0.15) is 12.4 Å². The van der Waals surface area contributed by atoms with Crippen molar-refractivity contribution in [1.29, 1.82) is 0 Å². The van der Waals surface area contributed by atoms with Crippen LogP contribution >= 0.6 is 11.5 Å². The van der Waals surface area contributed by atoms with Gasteiger partial charge in [0.2, 0.25) is 5.88 Å². The lowest BCUT2D eigenvalue weighted by Gasteiger charge is -2.25. The summed E-state index contributed by atoms with van der Waals surface area (Å²) in [5, 5.41) is 0. The van der Waals surface area contributed by atoms with E-state index in [2.05, 4.69) is 4.37 Å². The van der Waals surface area contributed by atoms with Gasteiger partial charge in [0.05, 0.1) is 18.1 Å². The van der Waals surface area contributed by atoms with Gasteiger partial charge >= 0.3 is 0 Å². The van der Waals surface area contributed by atoms with E-state index in [9.17, 15) is 4.79 Å². The van der Waals surface area contributed by atoms with Gasteiger partial charge in [-0.1, -0.05) is 0 Å². The number of hydrogen-bond acceptors (Lipinski definition) is 5. The van der Waals surface area contributed by atoms with E-state index in [1.165, 1.54) is 11.5 Å². The first-order chi connectivity index (χ1) is 7.33. The van der Waals surface area contributed by atoms with Crippen LogP contribution in [0.3, 0.4) is 0 Å². The minimum atomic E-state index is -0.253. The molecule has 0 aliphatic carbocycles. The van der Waals surface area contributed by atoms with Crippen LogP contribution < -0.4 is 4.74 Å². The molecule has 0 bridgehead atoms. The van der Waals surface area contributed by atoms with E-state index >= 15 is 0 Å². The Morgan fingerprint density at radius 1 is 1.67 bits per heavy atom. The average Bonchev–Trinajstić information content (AvgIpc) is 2.78. The second-order valence-electron chi connectivity index (χ2n) is 3.50. The summed E-state index contributed by atoms with van der Waals surface area (Å²) in [6.45, 7) is 0. The number of rotatable bonds is 3. The van der Waals surface area contributed by atoms with Gasteiger partial charge in [-0.15, -0.1) is 0 Å². The van der Waals surface area contributed by atoms with Gasteiger partial charge in [-0.05, 0) is 30.8 Å². The fraction of sp³-hybridized carbons (Fsp3) is 0.600. The summed E-state index contributed by atoms with van der Waals surface area (Å²) in [6, 6.07) is 1.88. The van der Waals surface area contributed by atoms with Gasteiger partial charge < -0.3 is 14.3 Å². The van der Waals surface area contributed by atoms with Gasteiger partial charge in [-0.2, -0.15) is 4.37 Å². The highest BCUT2D eigenvalue weighted by molar-refractivity contribution is 7.06. The first-order valence-corrected chi connectivity index (χ1v) is 5.72. The fourth-order valence-corrected chi connectivity index (χ4v) is 2.45. The lowest BCUT2D eigenvalue weighted by atomic mass is 10.0. The molecular formula is C10H13NO3S. The Kier molecular flexibility index (Phi) is 3.33. The average molecular weight is 227 g/mol. The number of carbonyl (C=O) groups excluding carboxylic acids is 1. The lowest BCUT2D eigenvalue weighted by Crippen LogP contribution is -2.22. The summed E-state index contributed by atoms with van der Waals surface area (Å²) >= 11 is 1.38. The number of nitrogens with zero attached hydrogens (tertiary/aromatic N) is 1. The maximum atomic E-state index is 10.6. The largest absolute Gasteiger partial charge is 0.480 e. The van der Waals surface area contributed by atoms with E-state index in [4.69, 9.17) is 9.47 Å². The molecule has 0 N–H and O–H groups in total. The minimum Gasteiger partial charge on any atom is -0.480 e. The molecule has 0 saturated carbocycles. The first kappa shape index (κ1) is 10.6. The van der Waals surface area contributed by atoms with E-state index < -0.39 is 0 Å². The van der Waals surface area contributed by atoms with Gasteiger partial charge in [0.15, 0.2) is 0 Å². The second-order valence-corrected chi connectivity index (χ2v) is 4.34. The number of carbonyl (C=O) groups is 1. The normalized spacial score (nSPS) is 26.2. The SMILES string of the molecule is COc1cc(C2CCCC(C=O)O2)sn1. The Balaban J connectivity index is 2.06. The van der Waals surface area contributed by atoms with Crippen LogP contribution in [-0.4, -0.2) is 23.9 Å². The van der Waals surface area contributed by atoms with Crippen molar-refractivity contribution in [2.45, 2.75) is 31.5 Å². The van der Waals surface area contributed by atoms with Crippen molar-refractivity contribution in [2.75, 3.05) is 7.11 Å². The Hall–Kier alpha value is -0.940. The maximum absolute atomic E-state index is 10.6. The van der Waals surface area contributed by atoms with E-state index in [1.54, 1.807) is 7.11 Å². The molecule has 0 radical (unpaired) electrons. The topological polar surface area (TPSA) is 48.4 Å². The highest BCUT2D eigenvalue weighted by atomic mass is 32.1. The van der Waals surface area contributed by atoms with Gasteiger partial charge in [0.25, 0.3) is 0 Å². The molecule has 0 aromatic carbocycles. The molecule has 1 fully saturated rings. The zero-order valence-electron chi connectivity index (χ0n) is 8.51. The standard InChI is InChI=1S/C10H13NO3S/c1-13-10-5-9(15-11-10)8-4-2-3-7(6-12)14-8/h5-8H,2-4H2,1H3. The number of aldehydes is 1. The molecule has 1 aliphatic heterocycles. The molecule has 2 heterocycles. The Labute approximate surface area is 92.4 Å². The van der Waals surface area contributed by atoms with Crippen LogP contribution in [0, 0.1) is 0 Å². The third kappa shape index (κ3) is 2.35. The van der Waals surface area contributed by atoms with E-state index in [0.29, 0.717) is 5.88 Å². The number of ether oxygens (including phenoxy) is 2. The number of methoxy groups -OCH3 is 1. The summed E-state index contributed by atoms with van der Waals surface area (Å²) in [6.07, 6.45) is 3.44. The number of aromatic nitrogens is 1. The zero-order valence-corrected chi connectivity index (χ0v) is 9.33. The predicted octanol–water partition coefficient (Wildman–Crippen LogP) is 1.96. The van der Waals surface area contributed by atoms with E-state index in [1.807, 2.05) is 6.07 Å². The Morgan fingerprint density at radius 2 is 2.53 bits per heavy atom. The van der Waals surface area contributed by atoms with Gasteiger partial charge in [-0.3, -0.25) is 0 Å². The van der Waals surface area contributed by atoms with Crippen LogP contribution in [0.25, 0.3) is 0 Å². The molecule has 82 valence electrons. The third-order valence-corrected chi connectivity index (χ3v) is 3.34. The van der Waals surface area contributed by atoms with Crippen LogP contribution in [0.1, 0.15) is 30.2 Å². The van der Waals surface area contributed by atoms with Gasteiger partial charge in [-0.25, -0.2) is 0 Å². The molecule has 2 atom stereocenters. The Morgan fingerprint density at radius 3 is 3.20 bits per heavy atom. The Bertz CT molecular complexity index is 339. The van der Waals surface area contributed by atoms with Crippen molar-refractivity contribution < 1.29 is 14.3 Å². The zero-order chi connectivity index (χ0) is 10.7. The van der Waals surface area contributed by atoms with E-state index in [0.717, 1.165) is 30.4 Å². The maximum Gasteiger partial charge on any atom is 0.225 e. The number of hydrogen-bond donors (Lipinski definition) is 0. The molecule has 0 spiro atoms. The smallest absolute Gasteiger partial charge is 0.225 e. The molecule has 2 unspecified atom stereocenters. The van der Waals surface area contributed by atoms with Crippen LogP contribution in [-0.2, 0) is 9.53 Å². The highest BCUT2D eigenvalue weighted by Gasteiger charge is 2.24. The molecule has 1 aliphatic rings. The van der Waals surface area contributed by atoms with E-state index in [-0.39, 0.29) is 12.2 Å². The molecule has 4 nitrogen and oxygen atoms in total. The van der Waals surface area contributed by atoms with Crippen molar-refractivity contribution in [2.24, 2.45) is 0 Å². The molecule has 1 saturated heterocycles. The van der Waals surface area contributed by atoms with Crippen molar-refractivity contribution in [3.63, 3.8) is 0 Å². The fourth-order valence-electron chi connectivity index (χ4n) is 1.68. The third-order valence-electron chi connectivity index (χ3n) is 2.48. The molecular weight excluding hydrogens is 214 g/mol. The lowest BCUT2D eigenvalue weighted by molar-refractivity contribution is -0.126. The summed E-state index contributed by atoms with van der Waals surface area (Å²) < 4.78 is 14.8. The summed E-state index contributed by atoms with van der Waals surface area (Å²) in [4.78, 5) is 11.7. The van der Waals surface area contributed by atoms with Crippen LogP contribution in [0.2, 0.25) is 0 Å².